The fraction of sp³-hybridized carbons (Fsp3) is 0.571. The van der Waals surface area contributed by atoms with Crippen molar-refractivity contribution in [2.75, 3.05) is 13.1 Å². The molecule has 1 aromatic rings. The molecular formula is C14H19NO3S. The minimum absolute atomic E-state index is 0.0715. The maximum atomic E-state index is 12.5. The van der Waals surface area contributed by atoms with E-state index in [0.29, 0.717) is 23.9 Å². The van der Waals surface area contributed by atoms with Gasteiger partial charge in [0.2, 0.25) is 10.0 Å². The molecule has 19 heavy (non-hydrogen) atoms. The van der Waals surface area contributed by atoms with Gasteiger partial charge in [0, 0.05) is 13.1 Å². The number of rotatable bonds is 2. The standard InChI is InChI=1S/C14H19NO3S/c1-11-9-12-7-8-15(10-14(12)18-11)19(16,17)13-5-3-2-4-6-13/h2-6,11-12,14H,7-10H2,1H3/t11-,12-,14+/m1/s1. The lowest BCUT2D eigenvalue weighted by atomic mass is 9.93. The monoisotopic (exact) mass is 281 g/mol. The van der Waals surface area contributed by atoms with Crippen molar-refractivity contribution in [1.82, 2.24) is 4.31 Å². The van der Waals surface area contributed by atoms with Gasteiger partial charge in [-0.1, -0.05) is 18.2 Å². The van der Waals surface area contributed by atoms with E-state index < -0.39 is 10.0 Å². The van der Waals surface area contributed by atoms with Gasteiger partial charge in [0.25, 0.3) is 0 Å². The van der Waals surface area contributed by atoms with E-state index in [4.69, 9.17) is 4.74 Å². The van der Waals surface area contributed by atoms with E-state index in [-0.39, 0.29) is 12.2 Å². The van der Waals surface area contributed by atoms with Crippen LogP contribution in [0.4, 0.5) is 0 Å². The molecule has 0 bridgehead atoms. The first-order valence-electron chi connectivity index (χ1n) is 6.78. The molecule has 0 N–H and O–H groups in total. The highest BCUT2D eigenvalue weighted by molar-refractivity contribution is 7.89. The number of nitrogens with zero attached hydrogens (tertiary/aromatic N) is 1. The summed E-state index contributed by atoms with van der Waals surface area (Å²) in [6.07, 6.45) is 2.29. The molecule has 2 saturated heterocycles. The van der Waals surface area contributed by atoms with Gasteiger partial charge in [-0.2, -0.15) is 4.31 Å². The number of hydrogen-bond donors (Lipinski definition) is 0. The molecule has 0 spiro atoms. The average molecular weight is 281 g/mol. The summed E-state index contributed by atoms with van der Waals surface area (Å²) >= 11 is 0. The van der Waals surface area contributed by atoms with E-state index in [2.05, 4.69) is 6.92 Å². The lowest BCUT2D eigenvalue weighted by molar-refractivity contribution is 0.0182. The molecule has 4 nitrogen and oxygen atoms in total. The normalized spacial score (nSPS) is 32.2. The van der Waals surface area contributed by atoms with Crippen molar-refractivity contribution >= 4 is 10.0 Å². The summed E-state index contributed by atoms with van der Waals surface area (Å²) in [5, 5.41) is 0. The van der Waals surface area contributed by atoms with Crippen LogP contribution >= 0.6 is 0 Å². The van der Waals surface area contributed by atoms with Gasteiger partial charge >= 0.3 is 0 Å². The van der Waals surface area contributed by atoms with Gasteiger partial charge in [-0.15, -0.1) is 0 Å². The number of sulfonamides is 1. The predicted octanol–water partition coefficient (Wildman–Crippen LogP) is 1.87. The van der Waals surface area contributed by atoms with Crippen molar-refractivity contribution in [2.45, 2.75) is 36.9 Å². The highest BCUT2D eigenvalue weighted by Crippen LogP contribution is 2.34. The first-order valence-corrected chi connectivity index (χ1v) is 8.22. The molecule has 0 radical (unpaired) electrons. The molecular weight excluding hydrogens is 262 g/mol. The highest BCUT2D eigenvalue weighted by Gasteiger charge is 2.40. The summed E-state index contributed by atoms with van der Waals surface area (Å²) in [5.74, 6) is 0.525. The fourth-order valence-corrected chi connectivity index (χ4v) is 4.59. The summed E-state index contributed by atoms with van der Waals surface area (Å²) in [7, 11) is -3.36. The van der Waals surface area contributed by atoms with Gasteiger partial charge in [-0.25, -0.2) is 8.42 Å². The SMILES string of the molecule is C[C@@H]1C[C@H]2CCN(S(=O)(=O)c3ccccc3)C[C@@H]2O1. The number of fused-ring (bicyclic) bond motifs is 1. The molecule has 3 rings (SSSR count). The molecule has 0 aromatic heterocycles. The van der Waals surface area contributed by atoms with Crippen LogP contribution in [-0.2, 0) is 14.8 Å². The zero-order chi connectivity index (χ0) is 13.5. The van der Waals surface area contributed by atoms with E-state index in [9.17, 15) is 8.42 Å². The van der Waals surface area contributed by atoms with Crippen LogP contribution in [0.1, 0.15) is 19.8 Å². The third-order valence-corrected chi connectivity index (χ3v) is 5.96. The lowest BCUT2D eigenvalue weighted by Gasteiger charge is -2.33. The maximum absolute atomic E-state index is 12.5. The number of ether oxygens (including phenoxy) is 1. The summed E-state index contributed by atoms with van der Waals surface area (Å²) in [5.41, 5.74) is 0. The minimum atomic E-state index is -3.36. The molecule has 1 aromatic carbocycles. The molecule has 2 fully saturated rings. The first kappa shape index (κ1) is 13.1. The Bertz CT molecular complexity index is 543. The number of benzene rings is 1. The summed E-state index contributed by atoms with van der Waals surface area (Å²) < 4.78 is 32.4. The van der Waals surface area contributed by atoms with Gasteiger partial charge in [-0.3, -0.25) is 0 Å². The highest BCUT2D eigenvalue weighted by atomic mass is 32.2. The topological polar surface area (TPSA) is 46.6 Å². The largest absolute Gasteiger partial charge is 0.374 e. The van der Waals surface area contributed by atoms with Crippen LogP contribution in [0.3, 0.4) is 0 Å². The van der Waals surface area contributed by atoms with Crippen LogP contribution in [0.2, 0.25) is 0 Å². The predicted molar refractivity (Wildman–Crippen MR) is 72.3 cm³/mol. The average Bonchev–Trinajstić information content (AvgIpc) is 2.78. The Kier molecular flexibility index (Phi) is 3.37. The Morgan fingerprint density at radius 3 is 2.74 bits per heavy atom. The lowest BCUT2D eigenvalue weighted by Crippen LogP contribution is -2.45. The Labute approximate surface area is 114 Å². The van der Waals surface area contributed by atoms with Crippen molar-refractivity contribution < 1.29 is 13.2 Å². The van der Waals surface area contributed by atoms with Crippen LogP contribution in [0.5, 0.6) is 0 Å². The molecule has 2 aliphatic heterocycles. The van der Waals surface area contributed by atoms with Crippen molar-refractivity contribution in [3.8, 4) is 0 Å². The molecule has 0 aliphatic carbocycles. The molecule has 104 valence electrons. The maximum Gasteiger partial charge on any atom is 0.243 e. The van der Waals surface area contributed by atoms with Crippen molar-refractivity contribution in [3.05, 3.63) is 30.3 Å². The zero-order valence-corrected chi connectivity index (χ0v) is 11.8. The third kappa shape index (κ3) is 2.42. The number of piperidine rings is 1. The first-order chi connectivity index (χ1) is 9.07. The quantitative estimate of drug-likeness (QED) is 0.831. The van der Waals surface area contributed by atoms with Crippen LogP contribution < -0.4 is 0 Å². The summed E-state index contributed by atoms with van der Waals surface area (Å²) in [4.78, 5) is 0.375. The van der Waals surface area contributed by atoms with Gasteiger partial charge in [0.15, 0.2) is 0 Å². The van der Waals surface area contributed by atoms with E-state index >= 15 is 0 Å². The van der Waals surface area contributed by atoms with E-state index in [0.717, 1.165) is 12.8 Å². The summed E-state index contributed by atoms with van der Waals surface area (Å²) in [6.45, 7) is 3.16. The van der Waals surface area contributed by atoms with Crippen LogP contribution in [0.15, 0.2) is 35.2 Å². The van der Waals surface area contributed by atoms with Crippen LogP contribution in [-0.4, -0.2) is 38.0 Å². The van der Waals surface area contributed by atoms with Gasteiger partial charge in [0.1, 0.15) is 0 Å². The van der Waals surface area contributed by atoms with E-state index in [1.807, 2.05) is 6.07 Å². The van der Waals surface area contributed by atoms with Crippen molar-refractivity contribution in [2.24, 2.45) is 5.92 Å². The molecule has 5 heteroatoms. The summed E-state index contributed by atoms with van der Waals surface area (Å²) in [6, 6.07) is 8.65. The van der Waals surface area contributed by atoms with E-state index in [1.165, 1.54) is 0 Å². The molecule has 0 saturated carbocycles. The van der Waals surface area contributed by atoms with Gasteiger partial charge in [0.05, 0.1) is 17.1 Å². The molecule has 0 amide bonds. The second-order valence-electron chi connectivity index (χ2n) is 5.45. The van der Waals surface area contributed by atoms with Crippen LogP contribution in [0.25, 0.3) is 0 Å². The fourth-order valence-electron chi connectivity index (χ4n) is 3.10. The molecule has 2 heterocycles. The minimum Gasteiger partial charge on any atom is -0.374 e. The zero-order valence-electron chi connectivity index (χ0n) is 11.0. The molecule has 3 atom stereocenters. The van der Waals surface area contributed by atoms with Crippen molar-refractivity contribution in [1.29, 1.82) is 0 Å². The molecule has 2 aliphatic rings. The van der Waals surface area contributed by atoms with E-state index in [1.54, 1.807) is 28.6 Å². The Hall–Kier alpha value is -0.910. The Morgan fingerprint density at radius 2 is 2.00 bits per heavy atom. The second kappa shape index (κ2) is 4.89. The van der Waals surface area contributed by atoms with Gasteiger partial charge in [-0.05, 0) is 37.8 Å². The van der Waals surface area contributed by atoms with Crippen molar-refractivity contribution in [3.63, 3.8) is 0 Å². The van der Waals surface area contributed by atoms with Gasteiger partial charge < -0.3 is 4.74 Å². The molecule has 0 unspecified atom stereocenters. The Morgan fingerprint density at radius 1 is 1.26 bits per heavy atom. The smallest absolute Gasteiger partial charge is 0.243 e. The number of hydrogen-bond acceptors (Lipinski definition) is 3. The van der Waals surface area contributed by atoms with Crippen LogP contribution in [0, 0.1) is 5.92 Å². The Balaban J connectivity index is 1.80. The third-order valence-electron chi connectivity index (χ3n) is 4.08. The second-order valence-corrected chi connectivity index (χ2v) is 7.38.